The number of nitrogens with one attached hydrogen (secondary N) is 1. The summed E-state index contributed by atoms with van der Waals surface area (Å²) in [6.07, 6.45) is 2.42. The van der Waals surface area contributed by atoms with Crippen molar-refractivity contribution < 1.29 is 27.5 Å². The van der Waals surface area contributed by atoms with E-state index in [-0.39, 0.29) is 29.3 Å². The van der Waals surface area contributed by atoms with Crippen molar-refractivity contribution in [3.8, 4) is 0 Å². The minimum absolute atomic E-state index is 0.0776. The number of sulfonamides is 1. The van der Waals surface area contributed by atoms with E-state index in [2.05, 4.69) is 5.32 Å². The van der Waals surface area contributed by atoms with Crippen molar-refractivity contribution in [2.75, 3.05) is 13.7 Å². The van der Waals surface area contributed by atoms with E-state index in [9.17, 15) is 22.8 Å². The molecule has 9 nitrogen and oxygen atoms in total. The van der Waals surface area contributed by atoms with Gasteiger partial charge in [0.2, 0.25) is 21.8 Å². The van der Waals surface area contributed by atoms with Gasteiger partial charge in [0, 0.05) is 12.6 Å². The van der Waals surface area contributed by atoms with Crippen LogP contribution < -0.4 is 5.32 Å². The van der Waals surface area contributed by atoms with E-state index in [1.807, 2.05) is 37.3 Å². The maximum atomic E-state index is 13.5. The van der Waals surface area contributed by atoms with E-state index in [0.29, 0.717) is 32.1 Å². The summed E-state index contributed by atoms with van der Waals surface area (Å²) in [5, 5.41) is 2.83. The monoisotopic (exact) mass is 539 g/mol. The standard InChI is InChI=1S/C28H33N3O6S/c1-18-10-12-22(13-11-18)38(35,36)30-14-6-9-24(30)26(32)29-23-17-21-15-20(19-7-4-3-5-8-19)16-25(28(34)37-2)31(21)27(23)33/h3-5,7-8,10-13,20-21,23-25H,6,9,14-17H2,1-2H3,(H,29,32)/t20-,21-,23+,24+,25+/m1/s1. The first kappa shape index (κ1) is 26.4. The van der Waals surface area contributed by atoms with E-state index in [0.717, 1.165) is 11.1 Å². The van der Waals surface area contributed by atoms with Crippen molar-refractivity contribution in [2.45, 2.75) is 74.0 Å². The van der Waals surface area contributed by atoms with Gasteiger partial charge in [-0.25, -0.2) is 13.2 Å². The molecule has 2 aromatic rings. The number of esters is 1. The number of fused-ring (bicyclic) bond motifs is 1. The molecule has 5 rings (SSSR count). The second kappa shape index (κ2) is 10.5. The Hall–Kier alpha value is -3.24. The molecule has 0 radical (unpaired) electrons. The van der Waals surface area contributed by atoms with Crippen molar-refractivity contribution in [3.63, 3.8) is 0 Å². The average Bonchev–Trinajstić information content (AvgIpc) is 3.54. The minimum Gasteiger partial charge on any atom is -0.467 e. The fourth-order valence-corrected chi connectivity index (χ4v) is 7.80. The molecule has 10 heteroatoms. The average molecular weight is 540 g/mol. The zero-order chi connectivity index (χ0) is 27.0. The Bertz CT molecular complexity index is 1310. The quantitative estimate of drug-likeness (QED) is 0.564. The molecule has 5 atom stereocenters. The predicted octanol–water partition coefficient (Wildman–Crippen LogP) is 2.35. The molecular formula is C28H33N3O6S. The predicted molar refractivity (Wildman–Crippen MR) is 139 cm³/mol. The second-order valence-electron chi connectivity index (χ2n) is 10.4. The van der Waals surface area contributed by atoms with Gasteiger partial charge in [-0.3, -0.25) is 9.59 Å². The number of hydrogen-bond donors (Lipinski definition) is 1. The topological polar surface area (TPSA) is 113 Å². The van der Waals surface area contributed by atoms with Crippen molar-refractivity contribution in [1.29, 1.82) is 0 Å². The number of amides is 2. The summed E-state index contributed by atoms with van der Waals surface area (Å²) in [6, 6.07) is 13.8. The minimum atomic E-state index is -3.86. The molecule has 0 aliphatic carbocycles. The summed E-state index contributed by atoms with van der Waals surface area (Å²) in [4.78, 5) is 41.3. The van der Waals surface area contributed by atoms with Crippen LogP contribution in [0.5, 0.6) is 0 Å². The van der Waals surface area contributed by atoms with Gasteiger partial charge in [0.25, 0.3) is 0 Å². The zero-order valence-electron chi connectivity index (χ0n) is 21.6. The van der Waals surface area contributed by atoms with Crippen LogP contribution in [0.25, 0.3) is 0 Å². The molecule has 202 valence electrons. The Morgan fingerprint density at radius 1 is 0.974 bits per heavy atom. The van der Waals surface area contributed by atoms with Crippen LogP contribution >= 0.6 is 0 Å². The molecule has 3 fully saturated rings. The molecule has 0 bridgehead atoms. The third kappa shape index (κ3) is 4.82. The molecule has 0 saturated carbocycles. The molecule has 38 heavy (non-hydrogen) atoms. The van der Waals surface area contributed by atoms with Crippen LogP contribution in [0.4, 0.5) is 0 Å². The lowest BCUT2D eigenvalue weighted by Crippen LogP contribution is -2.54. The van der Waals surface area contributed by atoms with Crippen LogP contribution in [0, 0.1) is 6.92 Å². The van der Waals surface area contributed by atoms with E-state index in [1.54, 1.807) is 29.2 Å². The molecule has 2 amide bonds. The van der Waals surface area contributed by atoms with E-state index in [4.69, 9.17) is 4.74 Å². The highest BCUT2D eigenvalue weighted by atomic mass is 32.2. The largest absolute Gasteiger partial charge is 0.467 e. The molecule has 3 aliphatic rings. The molecule has 0 aromatic heterocycles. The first-order valence-electron chi connectivity index (χ1n) is 13.0. The lowest BCUT2D eigenvalue weighted by molar-refractivity contribution is -0.155. The van der Waals surface area contributed by atoms with Crippen molar-refractivity contribution >= 4 is 27.8 Å². The van der Waals surface area contributed by atoms with Gasteiger partial charge < -0.3 is 15.0 Å². The van der Waals surface area contributed by atoms with Crippen molar-refractivity contribution in [3.05, 3.63) is 65.7 Å². The number of carbonyl (C=O) groups is 3. The molecule has 0 spiro atoms. The van der Waals surface area contributed by atoms with Gasteiger partial charge in [0.1, 0.15) is 18.1 Å². The summed E-state index contributed by atoms with van der Waals surface area (Å²) in [6.45, 7) is 2.12. The maximum Gasteiger partial charge on any atom is 0.328 e. The number of rotatable bonds is 6. The van der Waals surface area contributed by atoms with Gasteiger partial charge >= 0.3 is 5.97 Å². The second-order valence-corrected chi connectivity index (χ2v) is 12.3. The van der Waals surface area contributed by atoms with Gasteiger partial charge in [0.05, 0.1) is 12.0 Å². The molecule has 2 aromatic carbocycles. The maximum absolute atomic E-state index is 13.5. The fraction of sp³-hybridized carbons (Fsp3) is 0.464. The third-order valence-electron chi connectivity index (χ3n) is 8.05. The van der Waals surface area contributed by atoms with Crippen LogP contribution in [0.2, 0.25) is 0 Å². The molecule has 1 N–H and O–H groups in total. The fourth-order valence-electron chi connectivity index (χ4n) is 6.14. The van der Waals surface area contributed by atoms with Gasteiger partial charge in [-0.05, 0) is 62.6 Å². The number of hydrogen-bond acceptors (Lipinski definition) is 6. The Balaban J connectivity index is 1.33. The summed E-state index contributed by atoms with van der Waals surface area (Å²) in [5.74, 6) is -1.20. The highest BCUT2D eigenvalue weighted by Gasteiger charge is 2.51. The Morgan fingerprint density at radius 2 is 1.68 bits per heavy atom. The van der Waals surface area contributed by atoms with Crippen LogP contribution in [0.15, 0.2) is 59.5 Å². The lowest BCUT2D eigenvalue weighted by atomic mass is 9.82. The highest BCUT2D eigenvalue weighted by Crippen LogP contribution is 2.40. The Labute approximate surface area is 223 Å². The molecule has 3 aliphatic heterocycles. The summed E-state index contributed by atoms with van der Waals surface area (Å²) >= 11 is 0. The first-order chi connectivity index (χ1) is 18.2. The number of nitrogens with zero attached hydrogens (tertiary/aromatic N) is 2. The zero-order valence-corrected chi connectivity index (χ0v) is 22.4. The summed E-state index contributed by atoms with van der Waals surface area (Å²) in [7, 11) is -2.55. The van der Waals surface area contributed by atoms with Crippen LogP contribution in [-0.4, -0.2) is 73.2 Å². The van der Waals surface area contributed by atoms with Crippen LogP contribution in [-0.2, 0) is 29.1 Å². The number of carbonyl (C=O) groups excluding carboxylic acids is 3. The van der Waals surface area contributed by atoms with Crippen LogP contribution in [0.3, 0.4) is 0 Å². The van der Waals surface area contributed by atoms with Gasteiger partial charge in [-0.1, -0.05) is 48.0 Å². The van der Waals surface area contributed by atoms with E-state index in [1.165, 1.54) is 11.4 Å². The normalized spacial score (nSPS) is 27.7. The highest BCUT2D eigenvalue weighted by molar-refractivity contribution is 7.89. The van der Waals surface area contributed by atoms with Crippen molar-refractivity contribution in [2.24, 2.45) is 0 Å². The lowest BCUT2D eigenvalue weighted by Gasteiger charge is -2.40. The number of piperidine rings is 1. The molecule has 3 saturated heterocycles. The Kier molecular flexibility index (Phi) is 7.28. The summed E-state index contributed by atoms with van der Waals surface area (Å²) < 4.78 is 32.9. The van der Waals surface area contributed by atoms with Gasteiger partial charge in [-0.2, -0.15) is 4.31 Å². The smallest absolute Gasteiger partial charge is 0.328 e. The third-order valence-corrected chi connectivity index (χ3v) is 9.97. The summed E-state index contributed by atoms with van der Waals surface area (Å²) in [5.41, 5.74) is 2.04. The first-order valence-corrected chi connectivity index (χ1v) is 14.5. The SMILES string of the molecule is COC(=O)[C@@H]1C[C@H](c2ccccc2)C[C@@H]2C[C@H](NC(=O)[C@@H]3CCCN3S(=O)(=O)c3ccc(C)cc3)C(=O)N21. The number of benzene rings is 2. The molecule has 0 unspecified atom stereocenters. The Morgan fingerprint density at radius 3 is 2.37 bits per heavy atom. The molecular weight excluding hydrogens is 506 g/mol. The van der Waals surface area contributed by atoms with E-state index < -0.39 is 40.0 Å². The van der Waals surface area contributed by atoms with Crippen LogP contribution in [0.1, 0.15) is 49.1 Å². The van der Waals surface area contributed by atoms with Gasteiger partial charge in [0.15, 0.2) is 0 Å². The number of ether oxygens (including phenoxy) is 1. The van der Waals surface area contributed by atoms with Gasteiger partial charge in [-0.15, -0.1) is 0 Å². The molecule has 3 heterocycles. The van der Waals surface area contributed by atoms with E-state index >= 15 is 0 Å². The van der Waals surface area contributed by atoms with Crippen molar-refractivity contribution in [1.82, 2.24) is 14.5 Å². The number of aryl methyl sites for hydroxylation is 1. The number of methoxy groups -OCH3 is 1.